The fourth-order valence-corrected chi connectivity index (χ4v) is 6.36. The summed E-state index contributed by atoms with van der Waals surface area (Å²) >= 11 is 8.29. The molecule has 0 aliphatic carbocycles. The number of ether oxygens (including phenoxy) is 1. The highest BCUT2D eigenvalue weighted by atomic mass is 35.5. The Bertz CT molecular complexity index is 1120. The van der Waals surface area contributed by atoms with Gasteiger partial charge in [-0.05, 0) is 25.1 Å². The van der Waals surface area contributed by atoms with Crippen LogP contribution in [0.25, 0.3) is 11.1 Å². The van der Waals surface area contributed by atoms with Crippen molar-refractivity contribution in [3.8, 4) is 11.1 Å². The number of nitrogens with zero attached hydrogens (tertiary/aromatic N) is 3. The third-order valence-electron chi connectivity index (χ3n) is 6.37. The molecule has 0 radical (unpaired) electrons. The minimum atomic E-state index is -1.11. The van der Waals surface area contributed by atoms with Crippen molar-refractivity contribution in [3.05, 3.63) is 46.5 Å². The van der Waals surface area contributed by atoms with Gasteiger partial charge in [-0.1, -0.05) is 11.6 Å². The second kappa shape index (κ2) is 9.03. The van der Waals surface area contributed by atoms with Crippen molar-refractivity contribution >= 4 is 34.9 Å². The maximum absolute atomic E-state index is 14.9. The first kappa shape index (κ1) is 22.9. The lowest BCUT2D eigenvalue weighted by Crippen LogP contribution is -2.55. The number of hydrogen-bond acceptors (Lipinski definition) is 7. The van der Waals surface area contributed by atoms with Crippen LogP contribution in [-0.2, 0) is 4.74 Å². The van der Waals surface area contributed by atoms with Crippen LogP contribution in [-0.4, -0.2) is 73.4 Å². The Labute approximate surface area is 200 Å². The van der Waals surface area contributed by atoms with E-state index in [2.05, 4.69) is 22.1 Å². The fourth-order valence-electron chi connectivity index (χ4n) is 4.68. The molecule has 2 N–H and O–H groups in total. The van der Waals surface area contributed by atoms with Crippen molar-refractivity contribution in [3.63, 3.8) is 0 Å². The summed E-state index contributed by atoms with van der Waals surface area (Å²) in [5.41, 5.74) is 2.26. The molecule has 33 heavy (non-hydrogen) atoms. The molecule has 5 rings (SSSR count). The van der Waals surface area contributed by atoms with Crippen LogP contribution < -0.4 is 10.2 Å². The van der Waals surface area contributed by atoms with Gasteiger partial charge >= 0.3 is 0 Å². The third kappa shape index (κ3) is 4.00. The number of hydrogen-bond donors (Lipinski definition) is 2. The maximum Gasteiger partial charge on any atom is 0.227 e. The zero-order valence-corrected chi connectivity index (χ0v) is 19.9. The monoisotopic (exact) mass is 494 g/mol. The van der Waals surface area contributed by atoms with Gasteiger partial charge in [0, 0.05) is 72.7 Å². The number of methoxy groups -OCH3 is 1. The number of rotatable bonds is 2. The third-order valence-corrected chi connectivity index (χ3v) is 7.90. The zero-order chi connectivity index (χ0) is 23.3. The normalized spacial score (nSPS) is 24.9. The molecule has 176 valence electrons. The molecule has 1 fully saturated rings. The van der Waals surface area contributed by atoms with Crippen LogP contribution in [0.4, 0.5) is 14.5 Å². The molecule has 1 saturated heterocycles. The van der Waals surface area contributed by atoms with Gasteiger partial charge in [0.25, 0.3) is 0 Å². The van der Waals surface area contributed by atoms with E-state index in [4.69, 9.17) is 16.3 Å². The second-order valence-electron chi connectivity index (χ2n) is 8.45. The molecule has 6 nitrogen and oxygen atoms in total. The number of thioether (sulfide) groups is 1. The Hall–Kier alpha value is -1.91. The second-order valence-corrected chi connectivity index (χ2v) is 9.89. The number of aliphatic hydroxyl groups excluding tert-OH is 1. The molecular weight excluding hydrogens is 470 g/mol. The Morgan fingerprint density at radius 1 is 1.24 bits per heavy atom. The number of halogens is 3. The summed E-state index contributed by atoms with van der Waals surface area (Å²) in [5.74, 6) is -0.0773. The van der Waals surface area contributed by atoms with Crippen molar-refractivity contribution in [2.24, 2.45) is 4.99 Å². The van der Waals surface area contributed by atoms with Gasteiger partial charge in [0.2, 0.25) is 6.35 Å². The van der Waals surface area contributed by atoms with Gasteiger partial charge in [-0.15, -0.1) is 11.8 Å². The summed E-state index contributed by atoms with van der Waals surface area (Å²) in [6, 6.07) is 5.45. The lowest BCUT2D eigenvalue weighted by Gasteiger charge is -2.42. The van der Waals surface area contributed by atoms with Crippen LogP contribution in [0.1, 0.15) is 12.5 Å². The van der Waals surface area contributed by atoms with Crippen LogP contribution in [0, 0.1) is 11.6 Å². The SMILES string of the molecule is CO[C@@H]1CSc2c(-c3ccc(F)cc3F)c(Cl)cc3c2N(C1)C(O)N=C3N1CCNC[C@@H]1C. The molecule has 0 bridgehead atoms. The number of nitrogens with one attached hydrogen (secondary N) is 1. The summed E-state index contributed by atoms with van der Waals surface area (Å²) < 4.78 is 34.1. The van der Waals surface area contributed by atoms with E-state index in [9.17, 15) is 13.9 Å². The smallest absolute Gasteiger partial charge is 0.227 e. The van der Waals surface area contributed by atoms with E-state index in [1.54, 1.807) is 18.1 Å². The molecule has 3 aliphatic heterocycles. The van der Waals surface area contributed by atoms with Gasteiger partial charge in [0.15, 0.2) is 0 Å². The van der Waals surface area contributed by atoms with Crippen molar-refractivity contribution in [1.29, 1.82) is 0 Å². The van der Waals surface area contributed by atoms with Gasteiger partial charge in [-0.3, -0.25) is 0 Å². The van der Waals surface area contributed by atoms with Crippen LogP contribution in [0.15, 0.2) is 34.2 Å². The number of aliphatic imine (C=N–C) groups is 1. The molecule has 0 spiro atoms. The van der Waals surface area contributed by atoms with Crippen molar-refractivity contribution in [1.82, 2.24) is 10.2 Å². The maximum atomic E-state index is 14.9. The standard InChI is InChI=1S/C23H25ClF2N4O2S/c1-12-9-27-5-6-29(12)22-16-8-17(24)19(15-4-3-13(25)7-18(15)26)21-20(16)30(23(31)28-22)10-14(32-2)11-33-21/h3-4,7-8,12,14,23,27,31H,5-6,9-11H2,1-2H3/t12-,14-,23?/m0/s1. The summed E-state index contributed by atoms with van der Waals surface area (Å²) in [6.45, 7) is 4.87. The average molecular weight is 495 g/mol. The molecule has 0 amide bonds. The highest BCUT2D eigenvalue weighted by Crippen LogP contribution is 2.49. The molecule has 0 aromatic heterocycles. The number of amidine groups is 1. The molecule has 0 saturated carbocycles. The van der Waals surface area contributed by atoms with Gasteiger partial charge < -0.3 is 25.0 Å². The topological polar surface area (TPSA) is 60.3 Å². The number of anilines is 1. The Balaban J connectivity index is 1.74. The van der Waals surface area contributed by atoms with E-state index in [0.29, 0.717) is 28.7 Å². The van der Waals surface area contributed by atoms with Gasteiger partial charge in [0.1, 0.15) is 17.5 Å². The van der Waals surface area contributed by atoms with Crippen molar-refractivity contribution in [2.75, 3.05) is 43.9 Å². The average Bonchev–Trinajstić information content (AvgIpc) is 2.98. The largest absolute Gasteiger partial charge is 0.379 e. The van der Waals surface area contributed by atoms with Crippen LogP contribution >= 0.6 is 23.4 Å². The number of benzene rings is 2. The molecule has 2 aromatic carbocycles. The molecule has 3 aliphatic rings. The Kier molecular flexibility index (Phi) is 6.26. The van der Waals surface area contributed by atoms with E-state index in [1.807, 2.05) is 0 Å². The molecule has 10 heteroatoms. The number of piperazine rings is 1. The van der Waals surface area contributed by atoms with Crippen molar-refractivity contribution in [2.45, 2.75) is 30.3 Å². The van der Waals surface area contributed by atoms with E-state index in [1.165, 1.54) is 23.9 Å². The van der Waals surface area contributed by atoms with Gasteiger partial charge in [0.05, 0.1) is 16.8 Å². The molecule has 1 unspecified atom stereocenters. The minimum Gasteiger partial charge on any atom is -0.379 e. The van der Waals surface area contributed by atoms with Crippen LogP contribution in [0.5, 0.6) is 0 Å². The first-order valence-electron chi connectivity index (χ1n) is 10.9. The lowest BCUT2D eigenvalue weighted by atomic mass is 9.98. The van der Waals surface area contributed by atoms with Crippen LogP contribution in [0.2, 0.25) is 5.02 Å². The van der Waals surface area contributed by atoms with Gasteiger partial charge in [-0.2, -0.15) is 0 Å². The summed E-state index contributed by atoms with van der Waals surface area (Å²) in [4.78, 5) is 9.35. The first-order chi connectivity index (χ1) is 15.9. The van der Waals surface area contributed by atoms with Gasteiger partial charge in [-0.25, -0.2) is 13.8 Å². The molecule has 3 heterocycles. The highest BCUT2D eigenvalue weighted by molar-refractivity contribution is 7.99. The first-order valence-corrected chi connectivity index (χ1v) is 12.2. The summed E-state index contributed by atoms with van der Waals surface area (Å²) in [7, 11) is 1.63. The molecular formula is C23H25ClF2N4O2S. The Morgan fingerprint density at radius 2 is 2.06 bits per heavy atom. The van der Waals surface area contributed by atoms with Crippen LogP contribution in [0.3, 0.4) is 0 Å². The van der Waals surface area contributed by atoms with E-state index < -0.39 is 18.0 Å². The lowest BCUT2D eigenvalue weighted by molar-refractivity contribution is 0.105. The predicted octanol–water partition coefficient (Wildman–Crippen LogP) is 3.54. The minimum absolute atomic E-state index is 0.171. The summed E-state index contributed by atoms with van der Waals surface area (Å²) in [6.07, 6.45) is -1.29. The number of aliphatic hydroxyl groups is 1. The molecule has 2 aromatic rings. The fraction of sp³-hybridized carbons (Fsp3) is 0.435. The van der Waals surface area contributed by atoms with E-state index in [0.717, 1.165) is 41.8 Å². The predicted molar refractivity (Wildman–Crippen MR) is 127 cm³/mol. The highest BCUT2D eigenvalue weighted by Gasteiger charge is 2.38. The molecule has 3 atom stereocenters. The summed E-state index contributed by atoms with van der Waals surface area (Å²) in [5, 5.41) is 14.8. The Morgan fingerprint density at radius 3 is 2.79 bits per heavy atom. The quantitative estimate of drug-likeness (QED) is 0.666. The van der Waals surface area contributed by atoms with E-state index in [-0.39, 0.29) is 17.7 Å². The zero-order valence-electron chi connectivity index (χ0n) is 18.3. The van der Waals surface area contributed by atoms with E-state index >= 15 is 0 Å². The van der Waals surface area contributed by atoms with Crippen molar-refractivity contribution < 1.29 is 18.6 Å².